The number of benzene rings is 3. The fourth-order valence-electron chi connectivity index (χ4n) is 4.19. The highest BCUT2D eigenvalue weighted by Crippen LogP contribution is 2.26. The SMILES string of the molecule is O=C(O)C1CCCN(CCN/N=C/c2ccccc2-c2ccc(-c3ccccc3)cc2)C1. The summed E-state index contributed by atoms with van der Waals surface area (Å²) in [6.45, 7) is 3.07. The maximum absolute atomic E-state index is 11.2. The van der Waals surface area contributed by atoms with Crippen molar-refractivity contribution in [1.82, 2.24) is 10.3 Å². The number of carbonyl (C=O) groups is 1. The zero-order valence-electron chi connectivity index (χ0n) is 18.2. The fraction of sp³-hybridized carbons (Fsp3) is 0.259. The molecule has 1 aliphatic rings. The number of hydrazone groups is 1. The number of aliphatic carboxylic acids is 1. The van der Waals surface area contributed by atoms with Gasteiger partial charge in [0.25, 0.3) is 0 Å². The molecular weight excluding hydrogens is 398 g/mol. The Bertz CT molecular complexity index is 1050. The number of carboxylic acids is 1. The van der Waals surface area contributed by atoms with Gasteiger partial charge < -0.3 is 15.4 Å². The highest BCUT2D eigenvalue weighted by atomic mass is 16.4. The standard InChI is InChI=1S/C27H29N3O2/c31-27(32)25-10-6-17-30(20-25)18-16-28-29-19-24-9-4-5-11-26(24)23-14-12-22(13-15-23)21-7-2-1-3-8-21/h1-5,7-9,11-15,19,25,28H,6,10,16-18,20H2,(H,31,32)/b29-19+. The maximum atomic E-state index is 11.2. The van der Waals surface area contributed by atoms with E-state index in [0.717, 1.165) is 42.6 Å². The molecule has 2 N–H and O–H groups in total. The van der Waals surface area contributed by atoms with E-state index in [9.17, 15) is 9.90 Å². The smallest absolute Gasteiger partial charge is 0.307 e. The molecule has 0 saturated carbocycles. The Labute approximate surface area is 189 Å². The zero-order valence-corrected chi connectivity index (χ0v) is 18.2. The third-order valence-corrected chi connectivity index (χ3v) is 5.95. The van der Waals surface area contributed by atoms with Gasteiger partial charge in [-0.25, -0.2) is 0 Å². The third-order valence-electron chi connectivity index (χ3n) is 5.95. The minimum Gasteiger partial charge on any atom is -0.481 e. The molecule has 0 aliphatic carbocycles. The molecule has 1 aliphatic heterocycles. The average Bonchev–Trinajstić information content (AvgIpc) is 2.85. The number of likely N-dealkylation sites (tertiary alicyclic amines) is 1. The number of hydrogen-bond donors (Lipinski definition) is 2. The Hall–Kier alpha value is -3.44. The van der Waals surface area contributed by atoms with Gasteiger partial charge in [-0.05, 0) is 41.6 Å². The molecule has 1 saturated heterocycles. The third kappa shape index (κ3) is 5.62. The molecule has 164 valence electrons. The number of hydrogen-bond acceptors (Lipinski definition) is 4. The van der Waals surface area contributed by atoms with Gasteiger partial charge >= 0.3 is 5.97 Å². The lowest BCUT2D eigenvalue weighted by Crippen LogP contribution is -2.41. The Morgan fingerprint density at radius 2 is 1.66 bits per heavy atom. The zero-order chi connectivity index (χ0) is 22.2. The number of carboxylic acid groups (broad SMARTS) is 1. The first-order valence-corrected chi connectivity index (χ1v) is 11.2. The number of nitrogens with zero attached hydrogens (tertiary/aromatic N) is 2. The summed E-state index contributed by atoms with van der Waals surface area (Å²) >= 11 is 0. The molecule has 3 aromatic carbocycles. The average molecular weight is 428 g/mol. The summed E-state index contributed by atoms with van der Waals surface area (Å²) in [5, 5.41) is 13.6. The van der Waals surface area contributed by atoms with E-state index in [-0.39, 0.29) is 5.92 Å². The van der Waals surface area contributed by atoms with Crippen molar-refractivity contribution in [2.45, 2.75) is 12.8 Å². The van der Waals surface area contributed by atoms with Crippen LogP contribution in [0.15, 0.2) is 84.0 Å². The molecule has 5 nitrogen and oxygen atoms in total. The number of nitrogens with one attached hydrogen (secondary N) is 1. The van der Waals surface area contributed by atoms with Crippen molar-refractivity contribution in [3.8, 4) is 22.3 Å². The molecular formula is C27H29N3O2. The molecule has 1 unspecified atom stereocenters. The van der Waals surface area contributed by atoms with E-state index < -0.39 is 5.97 Å². The van der Waals surface area contributed by atoms with E-state index in [4.69, 9.17) is 0 Å². The minimum atomic E-state index is -0.686. The first-order valence-electron chi connectivity index (χ1n) is 11.2. The molecule has 5 heteroatoms. The molecule has 32 heavy (non-hydrogen) atoms. The highest BCUT2D eigenvalue weighted by Gasteiger charge is 2.24. The van der Waals surface area contributed by atoms with Gasteiger partial charge in [0.1, 0.15) is 0 Å². The number of rotatable bonds is 8. The van der Waals surface area contributed by atoms with Crippen LogP contribution in [-0.4, -0.2) is 48.4 Å². The molecule has 3 aromatic rings. The normalized spacial score (nSPS) is 16.8. The second-order valence-electron chi connectivity index (χ2n) is 8.17. The lowest BCUT2D eigenvalue weighted by Gasteiger charge is -2.30. The lowest BCUT2D eigenvalue weighted by atomic mass is 9.97. The van der Waals surface area contributed by atoms with Crippen molar-refractivity contribution in [2.24, 2.45) is 11.0 Å². The second kappa shape index (κ2) is 10.7. The minimum absolute atomic E-state index is 0.243. The summed E-state index contributed by atoms with van der Waals surface area (Å²) in [4.78, 5) is 13.4. The maximum Gasteiger partial charge on any atom is 0.307 e. The van der Waals surface area contributed by atoms with Crippen LogP contribution in [0, 0.1) is 5.92 Å². The first-order chi connectivity index (χ1) is 15.7. The van der Waals surface area contributed by atoms with E-state index in [2.05, 4.69) is 76.1 Å². The Balaban J connectivity index is 1.35. The van der Waals surface area contributed by atoms with E-state index in [1.165, 1.54) is 11.1 Å². The predicted octanol–water partition coefficient (Wildman–Crippen LogP) is 4.74. The van der Waals surface area contributed by atoms with Crippen LogP contribution in [-0.2, 0) is 4.79 Å². The van der Waals surface area contributed by atoms with Crippen molar-refractivity contribution >= 4 is 12.2 Å². The summed E-state index contributed by atoms with van der Waals surface area (Å²) in [7, 11) is 0. The van der Waals surface area contributed by atoms with Crippen LogP contribution in [0.5, 0.6) is 0 Å². The van der Waals surface area contributed by atoms with E-state index in [0.29, 0.717) is 13.1 Å². The van der Waals surface area contributed by atoms with Gasteiger partial charge in [0, 0.05) is 25.2 Å². The lowest BCUT2D eigenvalue weighted by molar-refractivity contribution is -0.143. The van der Waals surface area contributed by atoms with Gasteiger partial charge in [-0.15, -0.1) is 0 Å². The van der Waals surface area contributed by atoms with E-state index >= 15 is 0 Å². The molecule has 1 heterocycles. The van der Waals surface area contributed by atoms with Gasteiger partial charge in [0.2, 0.25) is 0 Å². The summed E-state index contributed by atoms with van der Waals surface area (Å²) in [5.41, 5.74) is 8.87. The Morgan fingerprint density at radius 1 is 0.969 bits per heavy atom. The summed E-state index contributed by atoms with van der Waals surface area (Å²) in [6, 6.07) is 27.2. The molecule has 1 atom stereocenters. The van der Waals surface area contributed by atoms with Crippen LogP contribution in [0.4, 0.5) is 0 Å². The van der Waals surface area contributed by atoms with Crippen LogP contribution in [0.1, 0.15) is 18.4 Å². The van der Waals surface area contributed by atoms with Crippen LogP contribution in [0.3, 0.4) is 0 Å². The van der Waals surface area contributed by atoms with Gasteiger partial charge in [0.15, 0.2) is 0 Å². The van der Waals surface area contributed by atoms with Gasteiger partial charge in [-0.2, -0.15) is 5.10 Å². The topological polar surface area (TPSA) is 64.9 Å². The predicted molar refractivity (Wildman–Crippen MR) is 130 cm³/mol. The molecule has 0 radical (unpaired) electrons. The highest BCUT2D eigenvalue weighted by molar-refractivity contribution is 5.90. The van der Waals surface area contributed by atoms with Crippen LogP contribution >= 0.6 is 0 Å². The number of piperidine rings is 1. The van der Waals surface area contributed by atoms with Crippen LogP contribution in [0.25, 0.3) is 22.3 Å². The van der Waals surface area contributed by atoms with Gasteiger partial charge in [-0.3, -0.25) is 4.79 Å². The van der Waals surface area contributed by atoms with Crippen molar-refractivity contribution in [3.05, 3.63) is 84.4 Å². The summed E-state index contributed by atoms with van der Waals surface area (Å²) in [5.74, 6) is -0.929. The van der Waals surface area contributed by atoms with Gasteiger partial charge in [-0.1, -0.05) is 78.9 Å². The van der Waals surface area contributed by atoms with E-state index in [1.54, 1.807) is 0 Å². The fourth-order valence-corrected chi connectivity index (χ4v) is 4.19. The summed E-state index contributed by atoms with van der Waals surface area (Å²) in [6.07, 6.45) is 3.58. The molecule has 0 amide bonds. The molecule has 0 bridgehead atoms. The summed E-state index contributed by atoms with van der Waals surface area (Å²) < 4.78 is 0. The van der Waals surface area contributed by atoms with Crippen LogP contribution < -0.4 is 5.43 Å². The Kier molecular flexibility index (Phi) is 7.31. The molecule has 4 rings (SSSR count). The van der Waals surface area contributed by atoms with Gasteiger partial charge in [0.05, 0.1) is 12.1 Å². The second-order valence-corrected chi connectivity index (χ2v) is 8.17. The monoisotopic (exact) mass is 427 g/mol. The van der Waals surface area contributed by atoms with E-state index in [1.807, 2.05) is 24.4 Å². The molecule has 0 aromatic heterocycles. The Morgan fingerprint density at radius 3 is 2.44 bits per heavy atom. The molecule has 1 fully saturated rings. The largest absolute Gasteiger partial charge is 0.481 e. The van der Waals surface area contributed by atoms with Crippen molar-refractivity contribution in [1.29, 1.82) is 0 Å². The van der Waals surface area contributed by atoms with Crippen molar-refractivity contribution in [2.75, 3.05) is 26.2 Å². The van der Waals surface area contributed by atoms with Crippen LogP contribution in [0.2, 0.25) is 0 Å². The quantitative estimate of drug-likeness (QED) is 0.310. The van der Waals surface area contributed by atoms with Crippen molar-refractivity contribution in [3.63, 3.8) is 0 Å². The van der Waals surface area contributed by atoms with Crippen molar-refractivity contribution < 1.29 is 9.90 Å². The first kappa shape index (κ1) is 21.8. The molecule has 0 spiro atoms.